The lowest BCUT2D eigenvalue weighted by Crippen LogP contribution is -2.47. The van der Waals surface area contributed by atoms with Crippen molar-refractivity contribution in [1.29, 1.82) is 0 Å². The summed E-state index contributed by atoms with van der Waals surface area (Å²) in [6, 6.07) is 0. The topological polar surface area (TPSA) is 46.6 Å². The highest BCUT2D eigenvalue weighted by Crippen LogP contribution is 2.16. The number of morpholine rings is 1. The van der Waals surface area contributed by atoms with E-state index in [1.54, 1.807) is 25.7 Å². The molecule has 4 heteroatoms. The van der Waals surface area contributed by atoms with Crippen LogP contribution in [0.3, 0.4) is 0 Å². The van der Waals surface area contributed by atoms with E-state index in [4.69, 9.17) is 4.74 Å². The van der Waals surface area contributed by atoms with Crippen LogP contribution in [0.15, 0.2) is 0 Å². The predicted molar refractivity (Wildman–Crippen MR) is 51.9 cm³/mol. The van der Waals surface area contributed by atoms with Crippen LogP contribution in [0, 0.1) is 5.41 Å². The first-order chi connectivity index (χ1) is 6.43. The number of nitrogens with zero attached hydrogens (tertiary/aromatic N) is 1. The summed E-state index contributed by atoms with van der Waals surface area (Å²) in [7, 11) is 0. The molecule has 1 aliphatic rings. The predicted octanol–water partition coefficient (Wildman–Crippen LogP) is 0.460. The first-order valence-electron chi connectivity index (χ1n) is 4.84. The number of amides is 1. The highest BCUT2D eigenvalue weighted by atomic mass is 16.5. The lowest BCUT2D eigenvalue weighted by Gasteiger charge is -2.28. The molecule has 0 aromatic carbocycles. The molecule has 14 heavy (non-hydrogen) atoms. The Balaban J connectivity index is 2.60. The average Bonchev–Trinajstić information content (AvgIpc) is 2.15. The van der Waals surface area contributed by atoms with Crippen LogP contribution in [-0.4, -0.2) is 42.9 Å². The van der Waals surface area contributed by atoms with Crippen LogP contribution >= 0.6 is 0 Å². The molecule has 1 fully saturated rings. The molecule has 4 nitrogen and oxygen atoms in total. The Hall–Kier alpha value is -0.900. The summed E-state index contributed by atoms with van der Waals surface area (Å²) in [5.74, 6) is -0.694. The van der Waals surface area contributed by atoms with Crippen LogP contribution in [0.25, 0.3) is 0 Å². The minimum absolute atomic E-state index is 0.320. The van der Waals surface area contributed by atoms with Gasteiger partial charge in [-0.1, -0.05) is 20.8 Å². The highest BCUT2D eigenvalue weighted by Gasteiger charge is 2.32. The summed E-state index contributed by atoms with van der Waals surface area (Å²) >= 11 is 0. The van der Waals surface area contributed by atoms with Crippen LogP contribution in [-0.2, 0) is 14.3 Å². The van der Waals surface area contributed by atoms with Crippen LogP contribution in [0.5, 0.6) is 0 Å². The maximum absolute atomic E-state index is 11.7. The molecule has 1 rings (SSSR count). The summed E-state index contributed by atoms with van der Waals surface area (Å²) in [4.78, 5) is 24.9. The Kier molecular flexibility index (Phi) is 3.26. The van der Waals surface area contributed by atoms with Crippen LogP contribution in [0.4, 0.5) is 0 Å². The summed E-state index contributed by atoms with van der Waals surface area (Å²) < 4.78 is 5.11. The molecular formula is C10H17NO3. The van der Waals surface area contributed by atoms with Crippen molar-refractivity contribution in [3.05, 3.63) is 0 Å². The van der Waals surface area contributed by atoms with Crippen molar-refractivity contribution in [3.63, 3.8) is 0 Å². The Labute approximate surface area is 84.2 Å². The monoisotopic (exact) mass is 199 g/mol. The number of hydrogen-bond donors (Lipinski definition) is 0. The second-order valence-electron chi connectivity index (χ2n) is 4.48. The molecular weight excluding hydrogens is 182 g/mol. The SMILES string of the molecule is CC(C)(C)C(=O)C(=O)N1CCOCC1. The van der Waals surface area contributed by atoms with Gasteiger partial charge in [0, 0.05) is 18.5 Å². The first kappa shape index (κ1) is 11.2. The molecule has 1 saturated heterocycles. The maximum Gasteiger partial charge on any atom is 0.290 e. The van der Waals surface area contributed by atoms with E-state index in [1.165, 1.54) is 0 Å². The molecule has 0 unspecified atom stereocenters. The van der Waals surface area contributed by atoms with E-state index >= 15 is 0 Å². The molecule has 0 bridgehead atoms. The third kappa shape index (κ3) is 2.54. The third-order valence-corrected chi connectivity index (χ3v) is 2.17. The third-order valence-electron chi connectivity index (χ3n) is 2.17. The van der Waals surface area contributed by atoms with Crippen molar-refractivity contribution in [1.82, 2.24) is 4.90 Å². The number of ketones is 1. The van der Waals surface area contributed by atoms with Gasteiger partial charge in [-0.15, -0.1) is 0 Å². The maximum atomic E-state index is 11.7. The molecule has 0 N–H and O–H groups in total. The lowest BCUT2D eigenvalue weighted by atomic mass is 9.90. The second-order valence-corrected chi connectivity index (χ2v) is 4.48. The Morgan fingerprint density at radius 1 is 1.14 bits per heavy atom. The van der Waals surface area contributed by atoms with E-state index in [0.717, 1.165) is 0 Å². The van der Waals surface area contributed by atoms with Gasteiger partial charge in [-0.05, 0) is 0 Å². The zero-order valence-electron chi connectivity index (χ0n) is 9.00. The smallest absolute Gasteiger partial charge is 0.290 e. The van der Waals surface area contributed by atoms with Gasteiger partial charge in [0.2, 0.25) is 5.78 Å². The fourth-order valence-corrected chi connectivity index (χ4v) is 1.23. The standard InChI is InChI=1S/C10H17NO3/c1-10(2,3)8(12)9(13)11-4-6-14-7-5-11/h4-7H2,1-3H3. The van der Waals surface area contributed by atoms with Crippen molar-refractivity contribution in [2.24, 2.45) is 5.41 Å². The fourth-order valence-electron chi connectivity index (χ4n) is 1.23. The van der Waals surface area contributed by atoms with Gasteiger partial charge >= 0.3 is 0 Å². The molecule has 80 valence electrons. The van der Waals surface area contributed by atoms with Gasteiger partial charge in [-0.25, -0.2) is 0 Å². The van der Waals surface area contributed by atoms with Gasteiger partial charge in [-0.3, -0.25) is 9.59 Å². The zero-order chi connectivity index (χ0) is 10.8. The second kappa shape index (κ2) is 4.09. The largest absolute Gasteiger partial charge is 0.378 e. The normalized spacial score (nSPS) is 18.1. The molecule has 0 radical (unpaired) electrons. The summed E-state index contributed by atoms with van der Waals surface area (Å²) in [5.41, 5.74) is -0.588. The molecule has 0 saturated carbocycles. The number of carbonyl (C=O) groups is 2. The Bertz CT molecular complexity index is 236. The van der Waals surface area contributed by atoms with E-state index in [0.29, 0.717) is 26.3 Å². The fraction of sp³-hybridized carbons (Fsp3) is 0.800. The van der Waals surface area contributed by atoms with Crippen molar-refractivity contribution >= 4 is 11.7 Å². The highest BCUT2D eigenvalue weighted by molar-refractivity contribution is 6.37. The summed E-state index contributed by atoms with van der Waals surface area (Å²) in [6.07, 6.45) is 0. The number of carbonyl (C=O) groups excluding carboxylic acids is 2. The zero-order valence-corrected chi connectivity index (χ0v) is 9.00. The van der Waals surface area contributed by atoms with Crippen molar-refractivity contribution in [3.8, 4) is 0 Å². The lowest BCUT2D eigenvalue weighted by molar-refractivity contribution is -0.151. The number of hydrogen-bond acceptors (Lipinski definition) is 3. The minimum atomic E-state index is -0.588. The van der Waals surface area contributed by atoms with Crippen LogP contribution in [0.1, 0.15) is 20.8 Å². The van der Waals surface area contributed by atoms with Crippen LogP contribution < -0.4 is 0 Å². The molecule has 0 aromatic rings. The van der Waals surface area contributed by atoms with E-state index in [9.17, 15) is 9.59 Å². The molecule has 0 atom stereocenters. The van der Waals surface area contributed by atoms with Crippen molar-refractivity contribution in [2.45, 2.75) is 20.8 Å². The average molecular weight is 199 g/mol. The number of ether oxygens (including phenoxy) is 1. The number of rotatable bonds is 1. The summed E-state index contributed by atoms with van der Waals surface area (Å²) in [5, 5.41) is 0. The van der Waals surface area contributed by atoms with E-state index < -0.39 is 5.41 Å². The molecule has 0 aromatic heterocycles. The van der Waals surface area contributed by atoms with Gasteiger partial charge in [0.1, 0.15) is 0 Å². The van der Waals surface area contributed by atoms with Gasteiger partial charge in [0.15, 0.2) is 0 Å². The molecule has 0 aliphatic carbocycles. The number of Topliss-reactive ketones (excluding diaryl/α,β-unsaturated/α-hetero) is 1. The van der Waals surface area contributed by atoms with Crippen molar-refractivity contribution < 1.29 is 14.3 Å². The van der Waals surface area contributed by atoms with Gasteiger partial charge < -0.3 is 9.64 Å². The van der Waals surface area contributed by atoms with Crippen molar-refractivity contribution in [2.75, 3.05) is 26.3 Å². The Morgan fingerprint density at radius 3 is 2.07 bits per heavy atom. The van der Waals surface area contributed by atoms with E-state index in [1.807, 2.05) is 0 Å². The molecule has 1 aliphatic heterocycles. The quantitative estimate of drug-likeness (QED) is 0.576. The van der Waals surface area contributed by atoms with Crippen LogP contribution in [0.2, 0.25) is 0 Å². The molecule has 0 spiro atoms. The molecule has 1 heterocycles. The van der Waals surface area contributed by atoms with Gasteiger partial charge in [0.05, 0.1) is 13.2 Å². The van der Waals surface area contributed by atoms with Gasteiger partial charge in [-0.2, -0.15) is 0 Å². The van der Waals surface area contributed by atoms with Gasteiger partial charge in [0.25, 0.3) is 5.91 Å². The van der Waals surface area contributed by atoms with E-state index in [2.05, 4.69) is 0 Å². The van der Waals surface area contributed by atoms with E-state index in [-0.39, 0.29) is 11.7 Å². The molecule has 1 amide bonds. The summed E-state index contributed by atoms with van der Waals surface area (Å²) in [6.45, 7) is 7.39. The first-order valence-corrected chi connectivity index (χ1v) is 4.84. The Morgan fingerprint density at radius 2 is 1.64 bits per heavy atom. The minimum Gasteiger partial charge on any atom is -0.378 e.